The number of rotatable bonds is 6. The molecule has 1 aliphatic rings. The summed E-state index contributed by atoms with van der Waals surface area (Å²) < 4.78 is 0. The monoisotopic (exact) mass is 377 g/mol. The van der Waals surface area contributed by atoms with Gasteiger partial charge in [0, 0.05) is 6.54 Å². The highest BCUT2D eigenvalue weighted by Gasteiger charge is 2.32. The Hall–Kier alpha value is -3.12. The third kappa shape index (κ3) is 4.95. The largest absolute Gasteiger partial charge is 0.281 e. The first kappa shape index (κ1) is 18.7. The molecule has 0 atom stereocenters. The number of amides is 2. The average Bonchev–Trinajstić information content (AvgIpc) is 2.97. The molecule has 1 N–H and O–H groups in total. The molecule has 3 rings (SSSR count). The van der Waals surface area contributed by atoms with E-state index in [2.05, 4.69) is 17.1 Å². The molecule has 0 radical (unpaired) electrons. The van der Waals surface area contributed by atoms with Gasteiger partial charge in [0.25, 0.3) is 5.91 Å². The van der Waals surface area contributed by atoms with E-state index >= 15 is 0 Å². The zero-order valence-corrected chi connectivity index (χ0v) is 15.5. The van der Waals surface area contributed by atoms with E-state index in [0.717, 1.165) is 11.1 Å². The van der Waals surface area contributed by atoms with Gasteiger partial charge in [-0.2, -0.15) is 0 Å². The number of hydrogen-bond donors (Lipinski definition) is 1. The summed E-state index contributed by atoms with van der Waals surface area (Å²) in [6.45, 7) is 4.01. The fourth-order valence-electron chi connectivity index (χ4n) is 2.51. The summed E-state index contributed by atoms with van der Waals surface area (Å²) in [5.41, 5.74) is 4.37. The Morgan fingerprint density at radius 3 is 2.44 bits per heavy atom. The van der Waals surface area contributed by atoms with Crippen LogP contribution in [-0.4, -0.2) is 28.4 Å². The highest BCUT2D eigenvalue weighted by molar-refractivity contribution is 8.18. The van der Waals surface area contributed by atoms with Crippen LogP contribution in [0.3, 0.4) is 0 Å². The first-order valence-electron chi connectivity index (χ1n) is 8.45. The Kier molecular flexibility index (Phi) is 6.22. The van der Waals surface area contributed by atoms with Crippen molar-refractivity contribution in [2.75, 3.05) is 6.54 Å². The Bertz CT molecular complexity index is 892. The molecule has 1 fully saturated rings. The van der Waals surface area contributed by atoms with Crippen molar-refractivity contribution in [1.29, 1.82) is 0 Å². The third-order valence-electron chi connectivity index (χ3n) is 3.78. The summed E-state index contributed by atoms with van der Waals surface area (Å²) in [7, 11) is 0. The number of carbonyl (C=O) groups excluding carboxylic acids is 2. The lowest BCUT2D eigenvalue weighted by atomic mass is 10.1. The molecule has 6 heteroatoms. The Morgan fingerprint density at radius 2 is 1.78 bits per heavy atom. The predicted octanol–water partition coefficient (Wildman–Crippen LogP) is 3.42. The molecule has 0 aliphatic carbocycles. The van der Waals surface area contributed by atoms with E-state index in [1.54, 1.807) is 6.08 Å². The number of nitrogens with one attached hydrogen (secondary N) is 1. The number of benzene rings is 2. The maximum Gasteiger partial charge on any atom is 0.267 e. The molecule has 1 aliphatic heterocycles. The summed E-state index contributed by atoms with van der Waals surface area (Å²) in [6, 6.07) is 19.0. The van der Waals surface area contributed by atoms with Crippen LogP contribution in [0.5, 0.6) is 0 Å². The van der Waals surface area contributed by atoms with Crippen molar-refractivity contribution < 1.29 is 9.59 Å². The van der Waals surface area contributed by atoms with Gasteiger partial charge in [0.05, 0.1) is 11.3 Å². The minimum absolute atomic E-state index is 0.153. The topological polar surface area (TPSA) is 61.8 Å². The van der Waals surface area contributed by atoms with Crippen molar-refractivity contribution >= 4 is 34.8 Å². The smallest absolute Gasteiger partial charge is 0.267 e. The van der Waals surface area contributed by atoms with E-state index < -0.39 is 0 Å². The van der Waals surface area contributed by atoms with Gasteiger partial charge in [-0.3, -0.25) is 14.5 Å². The molecule has 0 aromatic heterocycles. The summed E-state index contributed by atoms with van der Waals surface area (Å²) in [5.74, 6) is -0.388. The van der Waals surface area contributed by atoms with Gasteiger partial charge in [0.15, 0.2) is 5.17 Å². The van der Waals surface area contributed by atoms with Crippen LogP contribution in [0.2, 0.25) is 0 Å². The molecule has 5 nitrogen and oxygen atoms in total. The van der Waals surface area contributed by atoms with Gasteiger partial charge in [0.2, 0.25) is 5.91 Å². The molecule has 1 saturated heterocycles. The van der Waals surface area contributed by atoms with Crippen LogP contribution in [0.15, 0.2) is 83.3 Å². The number of amidine groups is 1. The van der Waals surface area contributed by atoms with E-state index in [4.69, 9.17) is 0 Å². The van der Waals surface area contributed by atoms with Crippen LogP contribution in [0, 0.1) is 0 Å². The van der Waals surface area contributed by atoms with Crippen molar-refractivity contribution in [3.8, 4) is 0 Å². The summed E-state index contributed by atoms with van der Waals surface area (Å²) in [4.78, 5) is 26.8. The van der Waals surface area contributed by atoms with Crippen molar-refractivity contribution in [2.45, 2.75) is 6.42 Å². The molecule has 136 valence electrons. The van der Waals surface area contributed by atoms with Crippen LogP contribution >= 0.6 is 11.8 Å². The molecule has 1 heterocycles. The van der Waals surface area contributed by atoms with Crippen LogP contribution in [0.25, 0.3) is 6.08 Å². The van der Waals surface area contributed by atoms with E-state index in [-0.39, 0.29) is 18.2 Å². The lowest BCUT2D eigenvalue weighted by Crippen LogP contribution is -2.31. The highest BCUT2D eigenvalue weighted by atomic mass is 32.2. The van der Waals surface area contributed by atoms with E-state index in [0.29, 0.717) is 16.6 Å². The van der Waals surface area contributed by atoms with Gasteiger partial charge in [-0.1, -0.05) is 66.7 Å². The van der Waals surface area contributed by atoms with Crippen LogP contribution < -0.4 is 5.43 Å². The second-order valence-electron chi connectivity index (χ2n) is 5.82. The molecular formula is C21H19N3O2S. The van der Waals surface area contributed by atoms with E-state index in [1.807, 2.05) is 66.7 Å². The van der Waals surface area contributed by atoms with Gasteiger partial charge in [-0.15, -0.1) is 11.7 Å². The lowest BCUT2D eigenvalue weighted by Gasteiger charge is -2.12. The summed E-state index contributed by atoms with van der Waals surface area (Å²) >= 11 is 1.23. The molecule has 2 aromatic carbocycles. The quantitative estimate of drug-likeness (QED) is 0.477. The molecule has 0 spiro atoms. The maximum absolute atomic E-state index is 12.6. The standard InChI is InChI=1S/C21H19N3O2S/c1-2-13-24-20(26)18(14-16-9-5-3-6-10-16)27-21(24)23-22-19(25)15-17-11-7-4-8-12-17/h2-12,14H,1,13,15H2,(H,22,25)/b18-14-,23-21+. The highest BCUT2D eigenvalue weighted by Crippen LogP contribution is 2.32. The second-order valence-corrected chi connectivity index (χ2v) is 6.83. The normalized spacial score (nSPS) is 16.7. The zero-order valence-electron chi connectivity index (χ0n) is 14.7. The number of nitrogens with zero attached hydrogens (tertiary/aromatic N) is 2. The molecule has 0 unspecified atom stereocenters. The molecule has 2 amide bonds. The number of hydrazone groups is 1. The zero-order chi connectivity index (χ0) is 19.1. The van der Waals surface area contributed by atoms with Crippen molar-refractivity contribution in [1.82, 2.24) is 10.3 Å². The Balaban J connectivity index is 1.73. The molecule has 0 saturated carbocycles. The number of hydrogen-bond acceptors (Lipinski definition) is 4. The van der Waals surface area contributed by atoms with Crippen LogP contribution in [0.1, 0.15) is 11.1 Å². The SMILES string of the molecule is C=CCN1C(=O)/C(=C/c2ccccc2)S/C1=N/NC(=O)Cc1ccccc1. The third-order valence-corrected chi connectivity index (χ3v) is 4.79. The van der Waals surface area contributed by atoms with Gasteiger partial charge in [-0.05, 0) is 29.0 Å². The lowest BCUT2D eigenvalue weighted by molar-refractivity contribution is -0.122. The predicted molar refractivity (Wildman–Crippen MR) is 110 cm³/mol. The van der Waals surface area contributed by atoms with Crippen molar-refractivity contribution in [3.63, 3.8) is 0 Å². The average molecular weight is 377 g/mol. The van der Waals surface area contributed by atoms with Crippen LogP contribution in [0.4, 0.5) is 0 Å². The minimum atomic E-state index is -0.235. The Labute approximate surface area is 162 Å². The molecule has 27 heavy (non-hydrogen) atoms. The van der Waals surface area contributed by atoms with E-state index in [9.17, 15) is 9.59 Å². The summed E-state index contributed by atoms with van der Waals surface area (Å²) in [6.07, 6.45) is 3.67. The van der Waals surface area contributed by atoms with Crippen molar-refractivity contribution in [3.05, 3.63) is 89.4 Å². The van der Waals surface area contributed by atoms with Gasteiger partial charge in [-0.25, -0.2) is 5.43 Å². The molecule has 0 bridgehead atoms. The van der Waals surface area contributed by atoms with Gasteiger partial charge in [0.1, 0.15) is 0 Å². The van der Waals surface area contributed by atoms with Gasteiger partial charge >= 0.3 is 0 Å². The first-order valence-corrected chi connectivity index (χ1v) is 9.27. The summed E-state index contributed by atoms with van der Waals surface area (Å²) in [5, 5.41) is 4.59. The maximum atomic E-state index is 12.6. The fraction of sp³-hybridized carbons (Fsp3) is 0.0952. The number of thioether (sulfide) groups is 1. The fourth-order valence-corrected chi connectivity index (χ4v) is 3.46. The second kappa shape index (κ2) is 9.00. The molecule has 2 aromatic rings. The van der Waals surface area contributed by atoms with Crippen LogP contribution in [-0.2, 0) is 16.0 Å². The van der Waals surface area contributed by atoms with Crippen molar-refractivity contribution in [2.24, 2.45) is 5.10 Å². The van der Waals surface area contributed by atoms with Gasteiger partial charge < -0.3 is 0 Å². The molecular weight excluding hydrogens is 358 g/mol. The number of carbonyl (C=O) groups is 2. The first-order chi connectivity index (χ1) is 13.2. The minimum Gasteiger partial charge on any atom is -0.281 e. The van der Waals surface area contributed by atoms with E-state index in [1.165, 1.54) is 16.7 Å². The Morgan fingerprint density at radius 1 is 1.11 bits per heavy atom.